The Hall–Kier alpha value is -4.28. The van der Waals surface area contributed by atoms with Gasteiger partial charge in [0.2, 0.25) is 5.91 Å². The van der Waals surface area contributed by atoms with Crippen LogP contribution in [0.4, 0.5) is 9.59 Å². The molecule has 10 nitrogen and oxygen atoms in total. The molecule has 0 aromatic heterocycles. The average molecular weight is 808 g/mol. The summed E-state index contributed by atoms with van der Waals surface area (Å²) in [5.41, 5.74) is 0. The van der Waals surface area contributed by atoms with Gasteiger partial charge in [0.25, 0.3) is 0 Å². The third-order valence-corrected chi connectivity index (χ3v) is 9.30. The average Bonchev–Trinajstić information content (AvgIpc) is 3.21. The zero-order valence-corrected chi connectivity index (χ0v) is 36.4. The molecule has 0 fully saturated rings. The number of nitrogens with one attached hydrogen (secondary N) is 2. The van der Waals surface area contributed by atoms with Gasteiger partial charge in [-0.25, -0.2) is 9.59 Å². The summed E-state index contributed by atoms with van der Waals surface area (Å²) < 4.78 is 10.5. The van der Waals surface area contributed by atoms with Gasteiger partial charge in [-0.05, 0) is 75.0 Å². The van der Waals surface area contributed by atoms with Crippen LogP contribution in [0.15, 0.2) is 0 Å². The molecule has 0 saturated carbocycles. The summed E-state index contributed by atoms with van der Waals surface area (Å²) in [5.74, 6) is 22.7. The minimum Gasteiger partial charge on any atom is -0.481 e. The van der Waals surface area contributed by atoms with E-state index in [0.29, 0.717) is 64.7 Å². The van der Waals surface area contributed by atoms with E-state index in [0.717, 1.165) is 38.5 Å². The lowest BCUT2D eigenvalue weighted by Gasteiger charge is -2.23. The van der Waals surface area contributed by atoms with Crippen LogP contribution in [0, 0.1) is 47.4 Å². The lowest BCUT2D eigenvalue weighted by atomic mass is 10.1. The van der Waals surface area contributed by atoms with E-state index in [-0.39, 0.29) is 32.0 Å². The van der Waals surface area contributed by atoms with Gasteiger partial charge in [0, 0.05) is 58.3 Å². The molecule has 0 aliphatic heterocycles. The molecule has 0 saturated heterocycles. The number of ether oxygens (including phenoxy) is 2. The van der Waals surface area contributed by atoms with Crippen LogP contribution >= 0.6 is 0 Å². The van der Waals surface area contributed by atoms with Gasteiger partial charge in [-0.1, -0.05) is 127 Å². The molecule has 326 valence electrons. The van der Waals surface area contributed by atoms with Gasteiger partial charge >= 0.3 is 18.2 Å². The Morgan fingerprint density at radius 2 is 0.810 bits per heavy atom. The highest BCUT2D eigenvalue weighted by Gasteiger charge is 2.15. The van der Waals surface area contributed by atoms with Crippen molar-refractivity contribution in [3.63, 3.8) is 0 Å². The number of unbranched alkanes of at least 4 members (excludes halogenated alkanes) is 20. The molecule has 0 unspecified atom stereocenters. The van der Waals surface area contributed by atoms with E-state index >= 15 is 0 Å². The number of rotatable bonds is 35. The number of nitrogens with zero attached hydrogens (tertiary/aromatic N) is 1. The van der Waals surface area contributed by atoms with Gasteiger partial charge in [-0.2, -0.15) is 0 Å². The van der Waals surface area contributed by atoms with E-state index in [9.17, 15) is 19.2 Å². The fourth-order valence-electron chi connectivity index (χ4n) is 5.84. The van der Waals surface area contributed by atoms with Crippen molar-refractivity contribution in [3.8, 4) is 47.4 Å². The van der Waals surface area contributed by atoms with Crippen LogP contribution in [0.3, 0.4) is 0 Å². The van der Waals surface area contributed by atoms with Crippen molar-refractivity contribution in [2.45, 2.75) is 194 Å². The monoisotopic (exact) mass is 808 g/mol. The van der Waals surface area contributed by atoms with Crippen molar-refractivity contribution in [2.75, 3.05) is 39.4 Å². The van der Waals surface area contributed by atoms with E-state index < -0.39 is 18.2 Å². The topological polar surface area (TPSA) is 134 Å². The fourth-order valence-corrected chi connectivity index (χ4v) is 5.84. The van der Waals surface area contributed by atoms with Gasteiger partial charge in [0.1, 0.15) is 0 Å². The Morgan fingerprint density at radius 3 is 1.17 bits per heavy atom. The van der Waals surface area contributed by atoms with Crippen LogP contribution in [-0.2, 0) is 19.1 Å². The highest BCUT2D eigenvalue weighted by molar-refractivity contribution is 5.80. The van der Waals surface area contributed by atoms with Gasteiger partial charge in [-0.15, -0.1) is 0 Å². The van der Waals surface area contributed by atoms with Crippen LogP contribution in [-0.4, -0.2) is 73.5 Å². The molecule has 3 N–H and O–H groups in total. The first kappa shape index (κ1) is 53.7. The van der Waals surface area contributed by atoms with Crippen LogP contribution in [0.1, 0.15) is 194 Å². The van der Waals surface area contributed by atoms with Gasteiger partial charge in [0.15, 0.2) is 0 Å². The summed E-state index contributed by atoms with van der Waals surface area (Å²) >= 11 is 0. The van der Waals surface area contributed by atoms with Crippen molar-refractivity contribution >= 4 is 24.1 Å². The molecule has 0 heterocycles. The first-order valence-corrected chi connectivity index (χ1v) is 22.6. The molecule has 0 aromatic rings. The van der Waals surface area contributed by atoms with Gasteiger partial charge in [-0.3, -0.25) is 9.59 Å². The molecule has 0 aliphatic carbocycles. The summed E-state index contributed by atoms with van der Waals surface area (Å²) in [5, 5.41) is 14.4. The van der Waals surface area contributed by atoms with Crippen molar-refractivity contribution in [1.29, 1.82) is 0 Å². The van der Waals surface area contributed by atoms with Gasteiger partial charge in [0.05, 0.1) is 19.6 Å². The predicted molar refractivity (Wildman–Crippen MR) is 235 cm³/mol. The second-order valence-electron chi connectivity index (χ2n) is 14.7. The van der Waals surface area contributed by atoms with Crippen LogP contribution in [0.2, 0.25) is 0 Å². The molecule has 0 atom stereocenters. The van der Waals surface area contributed by atoms with Crippen molar-refractivity contribution in [2.24, 2.45) is 0 Å². The van der Waals surface area contributed by atoms with E-state index in [1.165, 1.54) is 89.9 Å². The van der Waals surface area contributed by atoms with Crippen molar-refractivity contribution in [3.05, 3.63) is 0 Å². The number of alkyl carbamates (subject to hydrolysis) is 2. The summed E-state index contributed by atoms with van der Waals surface area (Å²) in [7, 11) is 0. The number of carbonyl (C=O) groups excluding carboxylic acids is 3. The Bertz CT molecular complexity index is 1230. The van der Waals surface area contributed by atoms with E-state index in [1.54, 1.807) is 4.90 Å². The minimum atomic E-state index is -1.04. The SMILES string of the molecule is CCCCCCCCCCC#CC#CCCCCOC(=O)NCCCN(CCCNC(=O)OCCCCC#CC#CCCCCCCCCCC)C(=O)CCC(=O)O. The molecule has 0 radical (unpaired) electrons. The number of hydrogen-bond acceptors (Lipinski definition) is 6. The number of carboxylic acids is 1. The maximum absolute atomic E-state index is 12.7. The maximum atomic E-state index is 12.7. The molecular weight excluding hydrogens is 731 g/mol. The molecular formula is C48H77N3O7. The number of aliphatic carboxylic acids is 1. The normalized spacial score (nSPS) is 9.97. The molecule has 0 aromatic carbocycles. The van der Waals surface area contributed by atoms with Gasteiger partial charge < -0.3 is 30.1 Å². The molecule has 0 aliphatic rings. The standard InChI is InChI=1S/C48H77N3O7/c1-3-5-7-9-11-13-15-17-19-21-23-25-27-29-31-33-43-57-47(55)49-39-35-41-51(45(52)37-38-46(53)54)42-36-40-50-48(56)58-44-34-32-30-28-26-24-22-20-18-16-14-12-10-8-6-4-2/h3-20,29-44H2,1-2H3,(H,49,55)(H,50,56)(H,53,54). The maximum Gasteiger partial charge on any atom is 0.407 e. The van der Waals surface area contributed by atoms with Crippen molar-refractivity contribution in [1.82, 2.24) is 15.5 Å². The summed E-state index contributed by atoms with van der Waals surface area (Å²) in [4.78, 5) is 49.4. The highest BCUT2D eigenvalue weighted by atomic mass is 16.6. The van der Waals surface area contributed by atoms with E-state index in [1.807, 2.05) is 0 Å². The fraction of sp³-hybridized carbons (Fsp3) is 0.750. The number of carboxylic acid groups (broad SMARTS) is 1. The summed E-state index contributed by atoms with van der Waals surface area (Å²) in [6.07, 6.45) is 26.4. The zero-order valence-electron chi connectivity index (χ0n) is 36.4. The number of carbonyl (C=O) groups is 4. The molecule has 10 heteroatoms. The molecule has 0 bridgehead atoms. The second-order valence-corrected chi connectivity index (χ2v) is 14.7. The first-order chi connectivity index (χ1) is 28.4. The Morgan fingerprint density at radius 1 is 0.466 bits per heavy atom. The van der Waals surface area contributed by atoms with E-state index in [4.69, 9.17) is 14.6 Å². The lowest BCUT2D eigenvalue weighted by Crippen LogP contribution is -2.37. The Kier molecular flexibility index (Phi) is 40.6. The highest BCUT2D eigenvalue weighted by Crippen LogP contribution is 2.10. The molecule has 58 heavy (non-hydrogen) atoms. The second kappa shape index (κ2) is 43.8. The van der Waals surface area contributed by atoms with Crippen LogP contribution in [0.25, 0.3) is 0 Å². The molecule has 0 rings (SSSR count). The van der Waals surface area contributed by atoms with Crippen molar-refractivity contribution < 1.29 is 33.8 Å². The zero-order chi connectivity index (χ0) is 42.4. The minimum absolute atomic E-state index is 0.118. The lowest BCUT2D eigenvalue weighted by molar-refractivity contribution is -0.141. The third-order valence-electron chi connectivity index (χ3n) is 9.30. The summed E-state index contributed by atoms with van der Waals surface area (Å²) in [6.45, 7) is 6.32. The summed E-state index contributed by atoms with van der Waals surface area (Å²) in [6, 6.07) is 0. The third kappa shape index (κ3) is 41.4. The Labute approximate surface area is 352 Å². The Balaban J connectivity index is 4.05. The number of hydrogen-bond donors (Lipinski definition) is 3. The number of amides is 3. The van der Waals surface area contributed by atoms with Crippen LogP contribution in [0.5, 0.6) is 0 Å². The molecule has 3 amide bonds. The largest absolute Gasteiger partial charge is 0.481 e. The predicted octanol–water partition coefficient (Wildman–Crippen LogP) is 10.3. The first-order valence-electron chi connectivity index (χ1n) is 22.6. The quantitative estimate of drug-likeness (QED) is 0.0429. The molecule has 0 spiro atoms. The smallest absolute Gasteiger partial charge is 0.407 e. The van der Waals surface area contributed by atoms with E-state index in [2.05, 4.69) is 71.8 Å². The van der Waals surface area contributed by atoms with Crippen LogP contribution < -0.4 is 10.6 Å².